The number of benzene rings is 1. The zero-order chi connectivity index (χ0) is 18.4. The molecule has 2 atom stereocenters. The van der Waals surface area contributed by atoms with E-state index in [1.165, 1.54) is 31.5 Å². The Balaban J connectivity index is 1.47. The van der Waals surface area contributed by atoms with Crippen LogP contribution in [0.15, 0.2) is 24.3 Å². The Kier molecular flexibility index (Phi) is 7.35. The predicted molar refractivity (Wildman–Crippen MR) is 105 cm³/mol. The minimum absolute atomic E-state index is 0.186. The third-order valence-corrected chi connectivity index (χ3v) is 5.97. The van der Waals surface area contributed by atoms with Gasteiger partial charge in [0.1, 0.15) is 0 Å². The fourth-order valence-electron chi connectivity index (χ4n) is 4.37. The zero-order valence-corrected chi connectivity index (χ0v) is 16.3. The molecule has 2 unspecified atom stereocenters. The van der Waals surface area contributed by atoms with E-state index < -0.39 is 0 Å². The number of likely N-dealkylation sites (tertiary alicyclic amines) is 2. The zero-order valence-electron chi connectivity index (χ0n) is 15.6. The van der Waals surface area contributed by atoms with Crippen LogP contribution in [0.3, 0.4) is 0 Å². The Morgan fingerprint density at radius 1 is 1.12 bits per heavy atom. The van der Waals surface area contributed by atoms with E-state index in [2.05, 4.69) is 4.90 Å². The van der Waals surface area contributed by atoms with E-state index in [1.54, 1.807) is 0 Å². The number of amides is 1. The number of aryl methyl sites for hydroxylation is 1. The Hall–Kier alpha value is -1.10. The molecule has 26 heavy (non-hydrogen) atoms. The first-order chi connectivity index (χ1) is 12.6. The number of hydrogen-bond donors (Lipinski definition) is 1. The second-order valence-electron chi connectivity index (χ2n) is 7.94. The molecular weight excluding hydrogens is 348 g/mol. The van der Waals surface area contributed by atoms with Crippen LogP contribution in [0.25, 0.3) is 0 Å². The number of rotatable bonds is 7. The van der Waals surface area contributed by atoms with Crippen molar-refractivity contribution < 1.29 is 9.90 Å². The van der Waals surface area contributed by atoms with Crippen LogP contribution in [0.4, 0.5) is 0 Å². The van der Waals surface area contributed by atoms with Gasteiger partial charge >= 0.3 is 0 Å². The maximum absolute atomic E-state index is 12.7. The minimum atomic E-state index is 0.186. The molecule has 2 saturated heterocycles. The SMILES string of the molecule is O=C(CCCc1ccc(Cl)cc1)N1CC(CO)CC(CN2CCCC2)C1. The van der Waals surface area contributed by atoms with E-state index in [1.807, 2.05) is 29.2 Å². The van der Waals surface area contributed by atoms with E-state index >= 15 is 0 Å². The highest BCUT2D eigenvalue weighted by molar-refractivity contribution is 6.30. The Bertz CT molecular complexity index is 572. The molecule has 144 valence electrons. The van der Waals surface area contributed by atoms with Crippen LogP contribution in [-0.2, 0) is 11.2 Å². The van der Waals surface area contributed by atoms with Gasteiger partial charge in [0.15, 0.2) is 0 Å². The summed E-state index contributed by atoms with van der Waals surface area (Å²) in [5.41, 5.74) is 1.22. The smallest absolute Gasteiger partial charge is 0.222 e. The van der Waals surface area contributed by atoms with Crippen molar-refractivity contribution in [2.24, 2.45) is 11.8 Å². The number of carbonyl (C=O) groups is 1. The van der Waals surface area contributed by atoms with E-state index in [0.29, 0.717) is 18.9 Å². The first-order valence-corrected chi connectivity index (χ1v) is 10.4. The molecule has 4 nitrogen and oxygen atoms in total. The monoisotopic (exact) mass is 378 g/mol. The van der Waals surface area contributed by atoms with Crippen molar-refractivity contribution >= 4 is 17.5 Å². The molecule has 1 amide bonds. The van der Waals surface area contributed by atoms with Gasteiger partial charge in [-0.25, -0.2) is 0 Å². The predicted octanol–water partition coefficient (Wildman–Crippen LogP) is 3.22. The number of piperidine rings is 1. The highest BCUT2D eigenvalue weighted by Crippen LogP contribution is 2.25. The normalized spacial score (nSPS) is 24.2. The summed E-state index contributed by atoms with van der Waals surface area (Å²) in [6.45, 7) is 5.21. The van der Waals surface area contributed by atoms with Crippen LogP contribution < -0.4 is 0 Å². The van der Waals surface area contributed by atoms with Gasteiger partial charge in [-0.2, -0.15) is 0 Å². The summed E-state index contributed by atoms with van der Waals surface area (Å²) >= 11 is 5.91. The van der Waals surface area contributed by atoms with Gasteiger partial charge in [-0.15, -0.1) is 0 Å². The van der Waals surface area contributed by atoms with Gasteiger partial charge in [0.05, 0.1) is 0 Å². The lowest BCUT2D eigenvalue weighted by Crippen LogP contribution is -2.47. The number of aliphatic hydroxyl groups is 1. The Morgan fingerprint density at radius 2 is 1.81 bits per heavy atom. The maximum Gasteiger partial charge on any atom is 0.222 e. The van der Waals surface area contributed by atoms with Crippen molar-refractivity contribution in [2.75, 3.05) is 39.3 Å². The molecule has 0 aliphatic carbocycles. The largest absolute Gasteiger partial charge is 0.396 e. The second-order valence-corrected chi connectivity index (χ2v) is 8.37. The maximum atomic E-state index is 12.7. The van der Waals surface area contributed by atoms with Crippen molar-refractivity contribution in [2.45, 2.75) is 38.5 Å². The first kappa shape index (κ1) is 19.7. The topological polar surface area (TPSA) is 43.8 Å². The lowest BCUT2D eigenvalue weighted by molar-refractivity contribution is -0.134. The lowest BCUT2D eigenvalue weighted by Gasteiger charge is -2.38. The highest BCUT2D eigenvalue weighted by atomic mass is 35.5. The van der Waals surface area contributed by atoms with Crippen molar-refractivity contribution in [1.82, 2.24) is 9.80 Å². The van der Waals surface area contributed by atoms with Gasteiger partial charge in [0, 0.05) is 37.7 Å². The van der Waals surface area contributed by atoms with Crippen molar-refractivity contribution in [3.63, 3.8) is 0 Å². The number of halogens is 1. The summed E-state index contributed by atoms with van der Waals surface area (Å²) in [5, 5.41) is 10.4. The van der Waals surface area contributed by atoms with Gasteiger partial charge in [0.25, 0.3) is 0 Å². The molecule has 2 heterocycles. The average molecular weight is 379 g/mol. The fourth-order valence-corrected chi connectivity index (χ4v) is 4.50. The van der Waals surface area contributed by atoms with Gasteiger partial charge in [0.2, 0.25) is 5.91 Å². The molecule has 5 heteroatoms. The number of hydrogen-bond acceptors (Lipinski definition) is 3. The standard InChI is InChI=1S/C21H31ClN2O2/c22-20-8-6-17(7-9-20)4-3-5-21(26)24-14-18(12-19(15-24)16-25)13-23-10-1-2-11-23/h6-9,18-19,25H,1-5,10-16H2. The molecule has 0 radical (unpaired) electrons. The van der Waals surface area contributed by atoms with E-state index in [0.717, 1.165) is 37.4 Å². The van der Waals surface area contributed by atoms with Gasteiger partial charge in [-0.3, -0.25) is 4.79 Å². The van der Waals surface area contributed by atoms with E-state index in [4.69, 9.17) is 11.6 Å². The molecule has 0 aromatic heterocycles. The molecule has 0 saturated carbocycles. The Morgan fingerprint density at radius 3 is 2.50 bits per heavy atom. The molecule has 1 N–H and O–H groups in total. The third kappa shape index (κ3) is 5.70. The molecule has 2 aliphatic heterocycles. The summed E-state index contributed by atoms with van der Waals surface area (Å²) in [4.78, 5) is 17.2. The van der Waals surface area contributed by atoms with Crippen LogP contribution in [0.2, 0.25) is 5.02 Å². The molecule has 0 bridgehead atoms. The molecular formula is C21H31ClN2O2. The fraction of sp³-hybridized carbons (Fsp3) is 0.667. The summed E-state index contributed by atoms with van der Waals surface area (Å²) in [6, 6.07) is 7.86. The number of carbonyl (C=O) groups excluding carboxylic acids is 1. The third-order valence-electron chi connectivity index (χ3n) is 5.72. The molecule has 1 aromatic rings. The molecule has 0 spiro atoms. The summed E-state index contributed by atoms with van der Waals surface area (Å²) < 4.78 is 0. The van der Waals surface area contributed by atoms with Gasteiger partial charge in [-0.1, -0.05) is 23.7 Å². The second kappa shape index (κ2) is 9.72. The quantitative estimate of drug-likeness (QED) is 0.792. The van der Waals surface area contributed by atoms with Crippen molar-refractivity contribution in [1.29, 1.82) is 0 Å². The highest BCUT2D eigenvalue weighted by Gasteiger charge is 2.30. The van der Waals surface area contributed by atoms with Crippen LogP contribution >= 0.6 is 11.6 Å². The first-order valence-electron chi connectivity index (χ1n) is 9.99. The van der Waals surface area contributed by atoms with Crippen molar-refractivity contribution in [3.05, 3.63) is 34.9 Å². The van der Waals surface area contributed by atoms with Crippen molar-refractivity contribution in [3.8, 4) is 0 Å². The summed E-state index contributed by atoms with van der Waals surface area (Å²) in [7, 11) is 0. The van der Waals surface area contributed by atoms with Crippen LogP contribution in [0.5, 0.6) is 0 Å². The minimum Gasteiger partial charge on any atom is -0.396 e. The van der Waals surface area contributed by atoms with Crippen LogP contribution in [0, 0.1) is 11.8 Å². The molecule has 2 aliphatic rings. The van der Waals surface area contributed by atoms with E-state index in [-0.39, 0.29) is 18.4 Å². The molecule has 2 fully saturated rings. The van der Waals surface area contributed by atoms with E-state index in [9.17, 15) is 9.90 Å². The average Bonchev–Trinajstić information content (AvgIpc) is 3.16. The number of nitrogens with zero attached hydrogens (tertiary/aromatic N) is 2. The summed E-state index contributed by atoms with van der Waals surface area (Å²) in [5.74, 6) is 0.972. The Labute approximate surface area is 162 Å². The van der Waals surface area contributed by atoms with Gasteiger partial charge in [-0.05, 0) is 74.7 Å². The molecule has 1 aromatic carbocycles. The summed E-state index contributed by atoms with van der Waals surface area (Å²) in [6.07, 6.45) is 5.97. The lowest BCUT2D eigenvalue weighted by atomic mass is 9.89. The van der Waals surface area contributed by atoms with Crippen LogP contribution in [-0.4, -0.2) is 60.1 Å². The number of aliphatic hydroxyl groups excluding tert-OH is 1. The van der Waals surface area contributed by atoms with Gasteiger partial charge < -0.3 is 14.9 Å². The molecule has 3 rings (SSSR count). The van der Waals surface area contributed by atoms with Crippen LogP contribution in [0.1, 0.15) is 37.7 Å².